The molecule has 3 aromatic rings. The number of aliphatic hydroxyl groups is 2. The van der Waals surface area contributed by atoms with E-state index in [1.165, 1.54) is 16.8 Å². The predicted molar refractivity (Wildman–Crippen MR) is 100 cm³/mol. The number of hydrogen-bond acceptors (Lipinski definition) is 7. The van der Waals surface area contributed by atoms with Gasteiger partial charge < -0.3 is 25.7 Å². The summed E-state index contributed by atoms with van der Waals surface area (Å²) in [5, 5.41) is 45.2. The molecule has 1 heterocycles. The van der Waals surface area contributed by atoms with Crippen molar-refractivity contribution >= 4 is 5.91 Å². The summed E-state index contributed by atoms with van der Waals surface area (Å²) in [6.45, 7) is -0.811. The minimum Gasteiger partial charge on any atom is -0.507 e. The number of phenolic OH excluding ortho intramolecular Hbond substituents is 2. The maximum Gasteiger partial charge on any atom is 0.241 e. The third-order valence-electron chi connectivity index (χ3n) is 4.00. The zero-order valence-corrected chi connectivity index (χ0v) is 14.9. The van der Waals surface area contributed by atoms with Crippen LogP contribution in [-0.4, -0.2) is 60.4 Å². The average molecular weight is 384 g/mol. The van der Waals surface area contributed by atoms with Gasteiger partial charge in [-0.05, 0) is 24.3 Å². The Morgan fingerprint density at radius 1 is 1.04 bits per heavy atom. The Hall–Kier alpha value is -3.43. The number of amides is 1. The minimum atomic E-state index is -1.06. The molecule has 0 aliphatic heterocycles. The Balaban J connectivity index is 1.96. The van der Waals surface area contributed by atoms with Crippen LogP contribution in [0.2, 0.25) is 0 Å². The van der Waals surface area contributed by atoms with E-state index >= 15 is 0 Å². The number of nitrogens with zero attached hydrogens (tertiary/aromatic N) is 3. The molecule has 28 heavy (non-hydrogen) atoms. The van der Waals surface area contributed by atoms with Crippen LogP contribution >= 0.6 is 0 Å². The first-order chi connectivity index (χ1) is 13.5. The van der Waals surface area contributed by atoms with Crippen LogP contribution in [0.25, 0.3) is 22.8 Å². The van der Waals surface area contributed by atoms with Crippen molar-refractivity contribution in [3.63, 3.8) is 0 Å². The minimum absolute atomic E-state index is 0.0148. The van der Waals surface area contributed by atoms with Crippen LogP contribution in [0.4, 0.5) is 0 Å². The summed E-state index contributed by atoms with van der Waals surface area (Å²) in [5.74, 6) is -0.0678. The molecule has 1 amide bonds. The van der Waals surface area contributed by atoms with Crippen molar-refractivity contribution < 1.29 is 25.2 Å². The summed E-state index contributed by atoms with van der Waals surface area (Å²) in [6, 6.07) is 13.0. The van der Waals surface area contributed by atoms with Gasteiger partial charge in [-0.2, -0.15) is 0 Å². The SMILES string of the molecule is O=C(Cn1nc(-c2ccccc2O)nc1-c1ccccc1O)NCC(O)CO. The maximum atomic E-state index is 12.2. The lowest BCUT2D eigenvalue weighted by molar-refractivity contribution is -0.122. The summed E-state index contributed by atoms with van der Waals surface area (Å²) < 4.78 is 1.30. The summed E-state index contributed by atoms with van der Waals surface area (Å²) in [7, 11) is 0. The van der Waals surface area contributed by atoms with Gasteiger partial charge in [-0.25, -0.2) is 9.67 Å². The van der Waals surface area contributed by atoms with E-state index in [-0.39, 0.29) is 36.2 Å². The number of aromatic nitrogens is 3. The number of rotatable bonds is 7. The summed E-state index contributed by atoms with van der Waals surface area (Å²) in [6.07, 6.45) is -1.06. The monoisotopic (exact) mass is 384 g/mol. The molecule has 146 valence electrons. The molecule has 0 aliphatic rings. The summed E-state index contributed by atoms with van der Waals surface area (Å²) in [4.78, 5) is 16.6. The van der Waals surface area contributed by atoms with Gasteiger partial charge in [0.25, 0.3) is 0 Å². The smallest absolute Gasteiger partial charge is 0.241 e. The molecule has 2 aromatic carbocycles. The Morgan fingerprint density at radius 2 is 1.64 bits per heavy atom. The average Bonchev–Trinajstić information content (AvgIpc) is 3.10. The highest BCUT2D eigenvalue weighted by Gasteiger charge is 2.19. The van der Waals surface area contributed by atoms with E-state index in [9.17, 15) is 20.1 Å². The Labute approximate surface area is 160 Å². The molecule has 3 rings (SSSR count). The molecule has 5 N–H and O–H groups in total. The molecular weight excluding hydrogens is 364 g/mol. The highest BCUT2D eigenvalue weighted by atomic mass is 16.3. The molecule has 9 nitrogen and oxygen atoms in total. The lowest BCUT2D eigenvalue weighted by Gasteiger charge is -2.10. The van der Waals surface area contributed by atoms with Gasteiger partial charge in [0, 0.05) is 6.54 Å². The zero-order chi connectivity index (χ0) is 20.1. The standard InChI is InChI=1S/C19H20N4O5/c24-11-12(25)9-20-17(28)10-23-19(14-6-2-4-8-16(14)27)21-18(22-23)13-5-1-3-7-15(13)26/h1-8,12,24-27H,9-11H2,(H,20,28). The van der Waals surface area contributed by atoms with E-state index in [1.54, 1.807) is 36.4 Å². The third kappa shape index (κ3) is 4.27. The van der Waals surface area contributed by atoms with Crippen molar-refractivity contribution in [1.82, 2.24) is 20.1 Å². The highest BCUT2D eigenvalue weighted by Crippen LogP contribution is 2.31. The summed E-state index contributed by atoms with van der Waals surface area (Å²) >= 11 is 0. The Morgan fingerprint density at radius 3 is 2.25 bits per heavy atom. The van der Waals surface area contributed by atoms with Gasteiger partial charge in [-0.1, -0.05) is 24.3 Å². The quantitative estimate of drug-likeness (QED) is 0.399. The molecule has 1 aromatic heterocycles. The Kier molecular flexibility index (Phi) is 5.87. The Bertz CT molecular complexity index is 972. The van der Waals surface area contributed by atoms with Crippen LogP contribution < -0.4 is 5.32 Å². The van der Waals surface area contributed by atoms with Gasteiger partial charge in [0.1, 0.15) is 18.0 Å². The number of phenols is 2. The number of carbonyl (C=O) groups excluding carboxylic acids is 1. The van der Waals surface area contributed by atoms with Gasteiger partial charge in [0.2, 0.25) is 5.91 Å². The van der Waals surface area contributed by atoms with Crippen molar-refractivity contribution in [3.8, 4) is 34.3 Å². The molecule has 0 fully saturated rings. The molecule has 1 atom stereocenters. The number of aromatic hydroxyl groups is 2. The molecule has 0 bridgehead atoms. The predicted octanol–water partition coefficient (Wildman–Crippen LogP) is 0.493. The second kappa shape index (κ2) is 8.51. The third-order valence-corrected chi connectivity index (χ3v) is 4.00. The molecule has 0 saturated heterocycles. The lowest BCUT2D eigenvalue weighted by Crippen LogP contribution is -2.36. The van der Waals surface area contributed by atoms with Crippen molar-refractivity contribution in [2.75, 3.05) is 13.2 Å². The first-order valence-electron chi connectivity index (χ1n) is 8.56. The van der Waals surface area contributed by atoms with Gasteiger partial charge in [-0.15, -0.1) is 5.10 Å². The van der Waals surface area contributed by atoms with Crippen LogP contribution in [0.5, 0.6) is 11.5 Å². The first-order valence-corrected chi connectivity index (χ1v) is 8.56. The number of para-hydroxylation sites is 2. The molecule has 9 heteroatoms. The largest absolute Gasteiger partial charge is 0.507 e. The van der Waals surface area contributed by atoms with Crippen LogP contribution in [0.3, 0.4) is 0 Å². The highest BCUT2D eigenvalue weighted by molar-refractivity contribution is 5.77. The van der Waals surface area contributed by atoms with Crippen molar-refractivity contribution in [1.29, 1.82) is 0 Å². The molecule has 1 unspecified atom stereocenters. The fourth-order valence-corrected chi connectivity index (χ4v) is 2.58. The van der Waals surface area contributed by atoms with Crippen LogP contribution in [0.15, 0.2) is 48.5 Å². The number of benzene rings is 2. The van der Waals surface area contributed by atoms with Crippen molar-refractivity contribution in [3.05, 3.63) is 48.5 Å². The molecular formula is C19H20N4O5. The van der Waals surface area contributed by atoms with E-state index in [1.807, 2.05) is 0 Å². The fraction of sp³-hybridized carbons (Fsp3) is 0.211. The van der Waals surface area contributed by atoms with Crippen molar-refractivity contribution in [2.24, 2.45) is 0 Å². The second-order valence-corrected chi connectivity index (χ2v) is 6.09. The van der Waals surface area contributed by atoms with Gasteiger partial charge in [0.15, 0.2) is 11.6 Å². The molecule has 0 spiro atoms. The summed E-state index contributed by atoms with van der Waals surface area (Å²) in [5.41, 5.74) is 0.758. The molecule has 0 aliphatic carbocycles. The van der Waals surface area contributed by atoms with Crippen LogP contribution in [0.1, 0.15) is 0 Å². The lowest BCUT2D eigenvalue weighted by atomic mass is 10.2. The second-order valence-electron chi connectivity index (χ2n) is 6.09. The molecule has 0 saturated carbocycles. The first kappa shape index (κ1) is 19.3. The van der Waals surface area contributed by atoms with E-state index in [4.69, 9.17) is 5.11 Å². The normalized spacial score (nSPS) is 11.9. The maximum absolute atomic E-state index is 12.2. The van der Waals surface area contributed by atoms with E-state index in [0.29, 0.717) is 11.1 Å². The number of aliphatic hydroxyl groups excluding tert-OH is 2. The zero-order valence-electron chi connectivity index (χ0n) is 14.9. The fourth-order valence-electron chi connectivity index (χ4n) is 2.58. The van der Waals surface area contributed by atoms with Crippen LogP contribution in [-0.2, 0) is 11.3 Å². The van der Waals surface area contributed by atoms with Crippen molar-refractivity contribution in [2.45, 2.75) is 12.6 Å². The molecule has 0 radical (unpaired) electrons. The van der Waals surface area contributed by atoms with Gasteiger partial charge in [0.05, 0.1) is 23.8 Å². The van der Waals surface area contributed by atoms with Gasteiger partial charge >= 0.3 is 0 Å². The topological polar surface area (TPSA) is 141 Å². The van der Waals surface area contributed by atoms with E-state index in [2.05, 4.69) is 15.4 Å². The van der Waals surface area contributed by atoms with E-state index in [0.717, 1.165) is 0 Å². The number of nitrogens with one attached hydrogen (secondary N) is 1. The van der Waals surface area contributed by atoms with Crippen LogP contribution in [0, 0.1) is 0 Å². The van der Waals surface area contributed by atoms with Gasteiger partial charge in [-0.3, -0.25) is 4.79 Å². The number of carbonyl (C=O) groups is 1. The number of hydrogen-bond donors (Lipinski definition) is 5. The van der Waals surface area contributed by atoms with E-state index < -0.39 is 18.6 Å².